The molecule has 4 rings (SSSR count). The first kappa shape index (κ1) is 17.0. The average Bonchev–Trinajstić information content (AvgIpc) is 3.15. The number of alkyl halides is 3. The van der Waals surface area contributed by atoms with Crippen molar-refractivity contribution < 1.29 is 27.4 Å². The van der Waals surface area contributed by atoms with Crippen LogP contribution < -0.4 is 4.31 Å². The molecule has 3 fully saturated rings. The Bertz CT molecular complexity index is 764. The normalized spacial score (nSPS) is 37.0. The van der Waals surface area contributed by atoms with E-state index < -0.39 is 39.4 Å². The van der Waals surface area contributed by atoms with Gasteiger partial charge in [0.15, 0.2) is 0 Å². The van der Waals surface area contributed by atoms with Crippen LogP contribution in [-0.2, 0) is 6.18 Å². The van der Waals surface area contributed by atoms with Crippen LogP contribution in [-0.4, -0.2) is 32.1 Å². The lowest BCUT2D eigenvalue weighted by Gasteiger charge is -2.44. The molecule has 3 N–H and O–H groups in total. The average molecular weight is 374 g/mol. The fraction of sp³-hybridized carbons (Fsp3) is 0.562. The molecule has 5 atom stereocenters. The summed E-state index contributed by atoms with van der Waals surface area (Å²) < 4.78 is 62.3. The minimum Gasteiger partial charge on any atom is -0.393 e. The molecule has 0 spiro atoms. The van der Waals surface area contributed by atoms with E-state index >= 15 is 0 Å². The molecule has 1 saturated heterocycles. The Morgan fingerprint density at radius 3 is 2.56 bits per heavy atom. The molecule has 3 aliphatic rings. The monoisotopic (exact) mass is 374 g/mol. The summed E-state index contributed by atoms with van der Waals surface area (Å²) in [4.78, 5) is 0. The van der Waals surface area contributed by atoms with Crippen molar-refractivity contribution in [3.63, 3.8) is 0 Å². The molecule has 1 aromatic rings. The van der Waals surface area contributed by atoms with Gasteiger partial charge in [0, 0.05) is 12.5 Å². The van der Waals surface area contributed by atoms with Gasteiger partial charge in [-0.2, -0.15) is 18.4 Å². The van der Waals surface area contributed by atoms with Crippen molar-refractivity contribution in [1.29, 1.82) is 5.26 Å². The van der Waals surface area contributed by atoms with Gasteiger partial charge in [-0.25, -0.2) is 0 Å². The molecule has 1 heterocycles. The Morgan fingerprint density at radius 1 is 1.20 bits per heavy atom. The van der Waals surface area contributed by atoms with Gasteiger partial charge in [-0.05, 0) is 42.9 Å². The number of nitrogens with zero attached hydrogens (tertiary/aromatic N) is 2. The second-order valence-corrected chi connectivity index (χ2v) is 9.16. The van der Waals surface area contributed by atoms with Crippen LogP contribution in [0.15, 0.2) is 18.2 Å². The number of nitriles is 1. The van der Waals surface area contributed by atoms with E-state index in [1.54, 1.807) is 0 Å². The number of aliphatic hydroxyl groups is 1. The Hall–Kier alpha value is -1.47. The maximum Gasteiger partial charge on any atom is 0.417 e. The van der Waals surface area contributed by atoms with Gasteiger partial charge in [0.05, 0.1) is 34.2 Å². The van der Waals surface area contributed by atoms with Gasteiger partial charge in [0.2, 0.25) is 0 Å². The zero-order valence-corrected chi connectivity index (χ0v) is 13.8. The third kappa shape index (κ3) is 2.35. The smallest absolute Gasteiger partial charge is 0.393 e. The molecule has 0 radical (unpaired) electrons. The van der Waals surface area contributed by atoms with E-state index in [4.69, 9.17) is 5.26 Å². The van der Waals surface area contributed by atoms with Crippen molar-refractivity contribution in [2.24, 2.45) is 17.8 Å². The van der Waals surface area contributed by atoms with Crippen LogP contribution >= 0.6 is 10.8 Å². The number of aliphatic hydroxyl groups excluding tert-OH is 1. The van der Waals surface area contributed by atoms with E-state index in [0.29, 0.717) is 6.42 Å². The van der Waals surface area contributed by atoms with Crippen molar-refractivity contribution in [2.45, 2.75) is 30.4 Å². The summed E-state index contributed by atoms with van der Waals surface area (Å²) in [5.41, 5.74) is -1.53. The molecule has 2 bridgehead atoms. The largest absolute Gasteiger partial charge is 0.417 e. The van der Waals surface area contributed by atoms with Crippen LogP contribution in [0.5, 0.6) is 0 Å². The number of benzene rings is 1. The standard InChI is InChI=1S/C16H17F3N2O3S/c17-16(18,19)13-5-10(2-1-8(13)6-20)21-7-12-11-3-9(4-14(11)22)15(12)25(21,23)24/h1-2,5,9,11-12,14-15,22-24H,3-4,7H2/t9-,11-,12-,14-,15+/m0/s1. The summed E-state index contributed by atoms with van der Waals surface area (Å²) in [7, 11) is -3.28. The van der Waals surface area contributed by atoms with Gasteiger partial charge in [0.25, 0.3) is 0 Å². The van der Waals surface area contributed by atoms with Crippen molar-refractivity contribution >= 4 is 16.5 Å². The minimum absolute atomic E-state index is 0.0135. The Balaban J connectivity index is 1.73. The van der Waals surface area contributed by atoms with Crippen LogP contribution in [0.1, 0.15) is 24.0 Å². The van der Waals surface area contributed by atoms with Crippen molar-refractivity contribution in [3.8, 4) is 6.07 Å². The predicted octanol–water partition coefficient (Wildman–Crippen LogP) is 3.45. The third-order valence-electron chi connectivity index (χ3n) is 5.83. The first-order chi connectivity index (χ1) is 11.6. The first-order valence-electron chi connectivity index (χ1n) is 7.98. The highest BCUT2D eigenvalue weighted by atomic mass is 32.3. The number of rotatable bonds is 1. The van der Waals surface area contributed by atoms with Crippen LogP contribution in [0, 0.1) is 29.1 Å². The van der Waals surface area contributed by atoms with E-state index in [2.05, 4.69) is 0 Å². The van der Waals surface area contributed by atoms with E-state index in [1.807, 2.05) is 0 Å². The summed E-state index contributed by atoms with van der Waals surface area (Å²) >= 11 is 0. The van der Waals surface area contributed by atoms with Gasteiger partial charge < -0.3 is 5.11 Å². The maximum absolute atomic E-state index is 13.2. The Labute approximate surface area is 144 Å². The zero-order chi connectivity index (χ0) is 18.1. The first-order valence-corrected chi connectivity index (χ1v) is 9.55. The lowest BCUT2D eigenvalue weighted by atomic mass is 9.86. The molecule has 0 unspecified atom stereocenters. The summed E-state index contributed by atoms with van der Waals surface area (Å²) in [6.45, 7) is 0.203. The molecule has 1 aliphatic heterocycles. The predicted molar refractivity (Wildman–Crippen MR) is 85.9 cm³/mol. The molecular weight excluding hydrogens is 357 g/mol. The highest BCUT2D eigenvalue weighted by Crippen LogP contribution is 2.69. The Morgan fingerprint density at radius 2 is 1.92 bits per heavy atom. The van der Waals surface area contributed by atoms with E-state index in [1.165, 1.54) is 16.4 Å². The van der Waals surface area contributed by atoms with Crippen LogP contribution in [0.2, 0.25) is 0 Å². The highest BCUT2D eigenvalue weighted by Gasteiger charge is 2.62. The third-order valence-corrected chi connectivity index (χ3v) is 8.31. The SMILES string of the molecule is N#Cc1ccc(N2C[C@H]3[C@@H]4C[C@@H](C[C@@H]4O)[C@H]3S2(O)O)cc1C(F)(F)F. The van der Waals surface area contributed by atoms with Gasteiger partial charge >= 0.3 is 6.18 Å². The van der Waals surface area contributed by atoms with E-state index in [-0.39, 0.29) is 30.0 Å². The second kappa shape index (κ2) is 5.27. The quantitative estimate of drug-likeness (QED) is 0.701. The number of halogens is 3. The minimum atomic E-state index is -4.70. The van der Waals surface area contributed by atoms with Gasteiger partial charge in [0.1, 0.15) is 0 Å². The summed E-state index contributed by atoms with van der Waals surface area (Å²) in [5, 5.41) is 18.5. The fourth-order valence-electron chi connectivity index (χ4n) is 4.87. The highest BCUT2D eigenvalue weighted by molar-refractivity contribution is 8.26. The lowest BCUT2D eigenvalue weighted by Crippen LogP contribution is -2.34. The number of fused-ring (bicyclic) bond motifs is 5. The summed E-state index contributed by atoms with van der Waals surface area (Å²) in [6.07, 6.45) is -3.93. The Kier molecular flexibility index (Phi) is 3.57. The molecule has 2 saturated carbocycles. The molecule has 5 nitrogen and oxygen atoms in total. The second-order valence-electron chi connectivity index (χ2n) is 7.05. The summed E-state index contributed by atoms with van der Waals surface area (Å²) in [6, 6.07) is 4.71. The van der Waals surface area contributed by atoms with E-state index in [9.17, 15) is 27.4 Å². The molecule has 9 heteroatoms. The van der Waals surface area contributed by atoms with Crippen molar-refractivity contribution in [3.05, 3.63) is 29.3 Å². The molecule has 0 aromatic heterocycles. The van der Waals surface area contributed by atoms with Crippen LogP contribution in [0.3, 0.4) is 0 Å². The number of hydrogen-bond acceptors (Lipinski definition) is 5. The number of anilines is 1. The molecule has 1 aromatic carbocycles. The van der Waals surface area contributed by atoms with Gasteiger partial charge in [-0.1, -0.05) is 0 Å². The van der Waals surface area contributed by atoms with Crippen LogP contribution in [0.4, 0.5) is 18.9 Å². The topological polar surface area (TPSA) is 87.7 Å². The van der Waals surface area contributed by atoms with Crippen LogP contribution in [0.25, 0.3) is 0 Å². The summed E-state index contributed by atoms with van der Waals surface area (Å²) in [5.74, 6) is -0.184. The number of hydrogen-bond donors (Lipinski definition) is 3. The van der Waals surface area contributed by atoms with Crippen molar-refractivity contribution in [1.82, 2.24) is 0 Å². The lowest BCUT2D eigenvalue weighted by molar-refractivity contribution is -0.137. The van der Waals surface area contributed by atoms with Gasteiger partial charge in [-0.3, -0.25) is 13.4 Å². The molecule has 136 valence electrons. The van der Waals surface area contributed by atoms with Gasteiger partial charge in [-0.15, -0.1) is 10.8 Å². The maximum atomic E-state index is 13.2. The molecular formula is C16H17F3N2O3S. The molecule has 25 heavy (non-hydrogen) atoms. The molecule has 0 amide bonds. The van der Waals surface area contributed by atoms with Crippen molar-refractivity contribution in [2.75, 3.05) is 10.8 Å². The fourth-order valence-corrected chi connectivity index (χ4v) is 7.47. The zero-order valence-electron chi connectivity index (χ0n) is 13.0. The molecule has 2 aliphatic carbocycles. The van der Waals surface area contributed by atoms with E-state index in [0.717, 1.165) is 18.6 Å².